The summed E-state index contributed by atoms with van der Waals surface area (Å²) in [6.07, 6.45) is 1.82. The average Bonchev–Trinajstić information content (AvgIpc) is 2.50. The molecule has 0 saturated heterocycles. The molecule has 78 valence electrons. The number of benzene rings is 1. The predicted octanol–water partition coefficient (Wildman–Crippen LogP) is 2.00. The van der Waals surface area contributed by atoms with Gasteiger partial charge < -0.3 is 0 Å². The van der Waals surface area contributed by atoms with Gasteiger partial charge in [0.1, 0.15) is 0 Å². The smallest absolute Gasteiger partial charge is 0.271 e. The number of hydrogen-bond acceptors (Lipinski definition) is 1. The molecule has 0 aliphatic rings. The molecule has 1 aromatic carbocycles. The molecule has 1 aromatic heterocycles. The van der Waals surface area contributed by atoms with Gasteiger partial charge >= 0.3 is 0 Å². The van der Waals surface area contributed by atoms with Crippen LogP contribution in [0.5, 0.6) is 0 Å². The summed E-state index contributed by atoms with van der Waals surface area (Å²) in [5, 5.41) is 2.71. The number of rotatable bonds is 1. The Hall–Kier alpha value is -1.77. The number of hydrogen-bond donors (Lipinski definition) is 1. The van der Waals surface area contributed by atoms with E-state index in [0.717, 1.165) is 16.7 Å². The fraction of sp³-hybridized carbons (Fsp3) is 0.250. The van der Waals surface area contributed by atoms with Crippen LogP contribution in [0.3, 0.4) is 0 Å². The van der Waals surface area contributed by atoms with Crippen molar-refractivity contribution < 1.29 is 0 Å². The lowest BCUT2D eigenvalue weighted by molar-refractivity contribution is 0.756. The summed E-state index contributed by atoms with van der Waals surface area (Å²) >= 11 is 0. The van der Waals surface area contributed by atoms with Crippen LogP contribution in [0, 0.1) is 13.8 Å². The van der Waals surface area contributed by atoms with E-state index in [2.05, 4.69) is 18.1 Å². The molecular weight excluding hydrogens is 188 g/mol. The maximum atomic E-state index is 11.6. The normalized spacial score (nSPS) is 10.6. The highest BCUT2D eigenvalue weighted by atomic mass is 16.1. The first-order valence-corrected chi connectivity index (χ1v) is 4.92. The molecule has 0 spiro atoms. The minimum absolute atomic E-state index is 0.0359. The van der Waals surface area contributed by atoms with Crippen LogP contribution in [0.4, 0.5) is 0 Å². The fourth-order valence-electron chi connectivity index (χ4n) is 1.74. The quantitative estimate of drug-likeness (QED) is 0.754. The van der Waals surface area contributed by atoms with E-state index in [4.69, 9.17) is 0 Å². The molecule has 3 nitrogen and oxygen atoms in total. The molecule has 2 rings (SSSR count). The molecular formula is C12H14N2O. The third-order valence-electron chi connectivity index (χ3n) is 2.74. The van der Waals surface area contributed by atoms with E-state index in [-0.39, 0.29) is 5.56 Å². The van der Waals surface area contributed by atoms with E-state index in [1.807, 2.05) is 32.3 Å². The largest absolute Gasteiger partial charge is 0.295 e. The highest BCUT2D eigenvalue weighted by molar-refractivity contribution is 5.66. The van der Waals surface area contributed by atoms with Gasteiger partial charge in [-0.05, 0) is 30.5 Å². The Morgan fingerprint density at radius 3 is 2.53 bits per heavy atom. The van der Waals surface area contributed by atoms with E-state index < -0.39 is 0 Å². The summed E-state index contributed by atoms with van der Waals surface area (Å²) in [7, 11) is 1.82. The Labute approximate surface area is 88.4 Å². The zero-order chi connectivity index (χ0) is 11.0. The van der Waals surface area contributed by atoms with Crippen molar-refractivity contribution >= 4 is 0 Å². The zero-order valence-electron chi connectivity index (χ0n) is 9.16. The van der Waals surface area contributed by atoms with Crippen molar-refractivity contribution in [3.8, 4) is 11.1 Å². The van der Waals surface area contributed by atoms with Gasteiger partial charge in [-0.3, -0.25) is 14.6 Å². The van der Waals surface area contributed by atoms with Gasteiger partial charge in [-0.25, -0.2) is 0 Å². The van der Waals surface area contributed by atoms with Gasteiger partial charge in [-0.1, -0.05) is 18.2 Å². The van der Waals surface area contributed by atoms with E-state index >= 15 is 0 Å². The SMILES string of the molecule is Cc1cccc(-c2cn(C)[nH]c2=O)c1C. The molecule has 2 aromatic rings. The average molecular weight is 202 g/mol. The third kappa shape index (κ3) is 1.61. The van der Waals surface area contributed by atoms with Crippen molar-refractivity contribution in [2.45, 2.75) is 13.8 Å². The summed E-state index contributed by atoms with van der Waals surface area (Å²) in [6.45, 7) is 4.09. The van der Waals surface area contributed by atoms with E-state index in [9.17, 15) is 4.79 Å². The first kappa shape index (κ1) is 9.77. The predicted molar refractivity (Wildman–Crippen MR) is 60.9 cm³/mol. The molecule has 0 radical (unpaired) electrons. The van der Waals surface area contributed by atoms with Crippen LogP contribution < -0.4 is 5.56 Å². The lowest BCUT2D eigenvalue weighted by Gasteiger charge is -2.04. The van der Waals surface area contributed by atoms with Gasteiger partial charge in [-0.2, -0.15) is 0 Å². The maximum absolute atomic E-state index is 11.6. The Morgan fingerprint density at radius 1 is 1.20 bits per heavy atom. The molecule has 15 heavy (non-hydrogen) atoms. The lowest BCUT2D eigenvalue weighted by atomic mass is 9.99. The van der Waals surface area contributed by atoms with Gasteiger partial charge in [0.2, 0.25) is 0 Å². The lowest BCUT2D eigenvalue weighted by Crippen LogP contribution is -2.04. The number of aryl methyl sites for hydroxylation is 2. The van der Waals surface area contributed by atoms with Gasteiger partial charge in [0, 0.05) is 13.2 Å². The van der Waals surface area contributed by atoms with Gasteiger partial charge in [-0.15, -0.1) is 0 Å². The molecule has 0 saturated carbocycles. The standard InChI is InChI=1S/C12H14N2O/c1-8-5-4-6-10(9(8)2)11-7-14(3)13-12(11)15/h4-7H,1-3H3,(H,13,15). The first-order valence-electron chi connectivity index (χ1n) is 4.92. The number of H-pyrrole nitrogens is 1. The number of nitrogens with one attached hydrogen (secondary N) is 1. The van der Waals surface area contributed by atoms with E-state index in [1.165, 1.54) is 5.56 Å². The summed E-state index contributed by atoms with van der Waals surface area (Å²) in [5.74, 6) is 0. The molecule has 3 heteroatoms. The summed E-state index contributed by atoms with van der Waals surface area (Å²) in [5.41, 5.74) is 4.08. The summed E-state index contributed by atoms with van der Waals surface area (Å²) < 4.78 is 1.68. The van der Waals surface area contributed by atoms with E-state index in [1.54, 1.807) is 4.68 Å². The molecule has 0 amide bonds. The molecule has 0 bridgehead atoms. The second-order valence-electron chi connectivity index (χ2n) is 3.84. The van der Waals surface area contributed by atoms with Gasteiger partial charge in [0.05, 0.1) is 5.56 Å². The highest BCUT2D eigenvalue weighted by Gasteiger charge is 2.08. The van der Waals surface area contributed by atoms with Crippen molar-refractivity contribution in [3.63, 3.8) is 0 Å². The van der Waals surface area contributed by atoms with Crippen molar-refractivity contribution in [1.82, 2.24) is 9.78 Å². The van der Waals surface area contributed by atoms with Gasteiger partial charge in [0.25, 0.3) is 5.56 Å². The minimum Gasteiger partial charge on any atom is -0.295 e. The van der Waals surface area contributed by atoms with Crippen LogP contribution in [0.25, 0.3) is 11.1 Å². The van der Waals surface area contributed by atoms with Crippen molar-refractivity contribution in [2.75, 3.05) is 0 Å². The second kappa shape index (κ2) is 3.42. The molecule has 1 N–H and O–H groups in total. The van der Waals surface area contributed by atoms with Crippen molar-refractivity contribution in [1.29, 1.82) is 0 Å². The Morgan fingerprint density at radius 2 is 1.93 bits per heavy atom. The Kier molecular flexibility index (Phi) is 2.23. The van der Waals surface area contributed by atoms with Crippen molar-refractivity contribution in [2.24, 2.45) is 7.05 Å². The fourth-order valence-corrected chi connectivity index (χ4v) is 1.74. The van der Waals surface area contributed by atoms with Crippen LogP contribution in [0.15, 0.2) is 29.2 Å². The Bertz CT molecular complexity index is 549. The van der Waals surface area contributed by atoms with Crippen molar-refractivity contribution in [3.05, 3.63) is 45.9 Å². The van der Waals surface area contributed by atoms with E-state index in [0.29, 0.717) is 0 Å². The highest BCUT2D eigenvalue weighted by Crippen LogP contribution is 2.22. The second-order valence-corrected chi connectivity index (χ2v) is 3.84. The number of aromatic amines is 1. The van der Waals surface area contributed by atoms with Crippen LogP contribution in [0.1, 0.15) is 11.1 Å². The zero-order valence-corrected chi connectivity index (χ0v) is 9.16. The summed E-state index contributed by atoms with van der Waals surface area (Å²) in [4.78, 5) is 11.6. The minimum atomic E-state index is -0.0359. The third-order valence-corrected chi connectivity index (χ3v) is 2.74. The number of nitrogens with zero attached hydrogens (tertiary/aromatic N) is 1. The monoisotopic (exact) mass is 202 g/mol. The van der Waals surface area contributed by atoms with Crippen LogP contribution in [0.2, 0.25) is 0 Å². The molecule has 0 unspecified atom stereocenters. The number of aromatic nitrogens is 2. The van der Waals surface area contributed by atoms with Gasteiger partial charge in [0.15, 0.2) is 0 Å². The molecule has 0 aliphatic heterocycles. The molecule has 0 atom stereocenters. The Balaban J connectivity index is 2.69. The summed E-state index contributed by atoms with van der Waals surface area (Å²) in [6, 6.07) is 6.01. The van der Waals surface area contributed by atoms with Crippen LogP contribution in [-0.4, -0.2) is 9.78 Å². The van der Waals surface area contributed by atoms with Crippen LogP contribution >= 0.6 is 0 Å². The molecule has 0 fully saturated rings. The maximum Gasteiger partial charge on any atom is 0.271 e. The molecule has 1 heterocycles. The topological polar surface area (TPSA) is 37.8 Å². The first-order chi connectivity index (χ1) is 7.09. The van der Waals surface area contributed by atoms with Crippen LogP contribution in [-0.2, 0) is 7.05 Å². The molecule has 0 aliphatic carbocycles.